The normalized spacial score (nSPS) is 18.0. The molecular weight excluding hydrogens is 332 g/mol. The number of para-hydroxylation sites is 1. The molecule has 0 saturated carbocycles. The Bertz CT molecular complexity index is 672. The summed E-state index contributed by atoms with van der Waals surface area (Å²) in [6.45, 7) is 6.49. The summed E-state index contributed by atoms with van der Waals surface area (Å²) in [4.78, 5) is 15.4. The molecule has 0 aliphatic carbocycles. The topological polar surface area (TPSA) is 41.6 Å². The number of nitrogens with one attached hydrogen (secondary N) is 1. The standard InChI is InChI=1S/C20H26N2O2S/c1-2-24-18-9-4-3-8-17(18)15-22-11-5-7-16(14-22)13-21-20(23)19-10-6-12-25-19/h3-4,6,8-10,12,16H,2,5,7,11,13-15H2,1H3,(H,21,23)/t16-/m1/s1. The predicted octanol–water partition coefficient (Wildman–Crippen LogP) is 3.79. The van der Waals surface area contributed by atoms with Crippen LogP contribution in [0.25, 0.3) is 0 Å². The Balaban J connectivity index is 1.52. The number of nitrogens with zero attached hydrogens (tertiary/aromatic N) is 1. The number of ether oxygens (including phenoxy) is 1. The maximum atomic E-state index is 12.1. The van der Waals surface area contributed by atoms with Gasteiger partial charge in [0.2, 0.25) is 0 Å². The van der Waals surface area contributed by atoms with Crippen molar-refractivity contribution in [3.8, 4) is 5.75 Å². The minimum absolute atomic E-state index is 0.0498. The second-order valence-corrected chi connectivity index (χ2v) is 7.42. The highest BCUT2D eigenvalue weighted by atomic mass is 32.1. The van der Waals surface area contributed by atoms with Crippen LogP contribution in [0.2, 0.25) is 0 Å². The third-order valence-electron chi connectivity index (χ3n) is 4.57. The van der Waals surface area contributed by atoms with E-state index in [0.29, 0.717) is 12.5 Å². The summed E-state index contributed by atoms with van der Waals surface area (Å²) in [5.74, 6) is 1.55. The van der Waals surface area contributed by atoms with Gasteiger partial charge in [-0.25, -0.2) is 0 Å². The number of thiophene rings is 1. The van der Waals surface area contributed by atoms with Crippen molar-refractivity contribution in [3.05, 3.63) is 52.2 Å². The van der Waals surface area contributed by atoms with Gasteiger partial charge in [-0.3, -0.25) is 9.69 Å². The summed E-state index contributed by atoms with van der Waals surface area (Å²) in [7, 11) is 0. The summed E-state index contributed by atoms with van der Waals surface area (Å²) in [5.41, 5.74) is 1.24. The van der Waals surface area contributed by atoms with Gasteiger partial charge < -0.3 is 10.1 Å². The molecule has 1 atom stereocenters. The van der Waals surface area contributed by atoms with E-state index in [-0.39, 0.29) is 5.91 Å². The molecule has 1 aliphatic heterocycles. The van der Waals surface area contributed by atoms with Gasteiger partial charge in [0.1, 0.15) is 5.75 Å². The lowest BCUT2D eigenvalue weighted by Crippen LogP contribution is -2.40. The van der Waals surface area contributed by atoms with Gasteiger partial charge >= 0.3 is 0 Å². The van der Waals surface area contributed by atoms with Crippen molar-refractivity contribution >= 4 is 17.2 Å². The molecule has 1 N–H and O–H groups in total. The van der Waals surface area contributed by atoms with Gasteiger partial charge in [-0.1, -0.05) is 24.3 Å². The molecule has 0 spiro atoms. The highest BCUT2D eigenvalue weighted by Crippen LogP contribution is 2.23. The van der Waals surface area contributed by atoms with E-state index >= 15 is 0 Å². The fourth-order valence-corrected chi connectivity index (χ4v) is 4.01. The number of likely N-dealkylation sites (tertiary alicyclic amines) is 1. The third-order valence-corrected chi connectivity index (χ3v) is 5.43. The molecule has 1 aliphatic rings. The number of amides is 1. The van der Waals surface area contributed by atoms with Crippen LogP contribution in [0.5, 0.6) is 5.75 Å². The molecule has 1 aromatic carbocycles. The van der Waals surface area contributed by atoms with Crippen molar-refractivity contribution < 1.29 is 9.53 Å². The number of hydrogen-bond acceptors (Lipinski definition) is 4. The molecule has 1 saturated heterocycles. The minimum atomic E-state index is 0.0498. The molecule has 0 unspecified atom stereocenters. The molecule has 0 bridgehead atoms. The molecule has 1 amide bonds. The first-order chi connectivity index (χ1) is 12.3. The van der Waals surface area contributed by atoms with Gasteiger partial charge in [-0.05, 0) is 49.7 Å². The molecular formula is C20H26N2O2S. The maximum Gasteiger partial charge on any atom is 0.261 e. The Morgan fingerprint density at radius 3 is 3.00 bits per heavy atom. The van der Waals surface area contributed by atoms with Gasteiger partial charge in [0, 0.05) is 25.2 Å². The van der Waals surface area contributed by atoms with Crippen LogP contribution in [0, 0.1) is 5.92 Å². The third kappa shape index (κ3) is 5.06. The first-order valence-electron chi connectivity index (χ1n) is 9.01. The van der Waals surface area contributed by atoms with E-state index in [9.17, 15) is 4.79 Å². The van der Waals surface area contributed by atoms with Crippen molar-refractivity contribution in [2.75, 3.05) is 26.2 Å². The fourth-order valence-electron chi connectivity index (χ4n) is 3.37. The minimum Gasteiger partial charge on any atom is -0.494 e. The second kappa shape index (κ2) is 9.02. The lowest BCUT2D eigenvalue weighted by Gasteiger charge is -2.33. The van der Waals surface area contributed by atoms with Crippen molar-refractivity contribution in [1.29, 1.82) is 0 Å². The molecule has 2 heterocycles. The summed E-state index contributed by atoms with van der Waals surface area (Å²) in [5, 5.41) is 5.03. The van der Waals surface area contributed by atoms with Crippen molar-refractivity contribution in [1.82, 2.24) is 10.2 Å². The Kier molecular flexibility index (Phi) is 6.48. The molecule has 1 aromatic heterocycles. The lowest BCUT2D eigenvalue weighted by atomic mass is 9.97. The van der Waals surface area contributed by atoms with Gasteiger partial charge in [-0.2, -0.15) is 0 Å². The van der Waals surface area contributed by atoms with Crippen LogP contribution in [-0.2, 0) is 6.54 Å². The smallest absolute Gasteiger partial charge is 0.261 e. The molecule has 2 aromatic rings. The zero-order chi connectivity index (χ0) is 17.5. The zero-order valence-electron chi connectivity index (χ0n) is 14.7. The van der Waals surface area contributed by atoms with Gasteiger partial charge in [0.25, 0.3) is 5.91 Å². The molecule has 134 valence electrons. The Labute approximate surface area is 153 Å². The summed E-state index contributed by atoms with van der Waals surface area (Å²) in [6.07, 6.45) is 2.35. The largest absolute Gasteiger partial charge is 0.494 e. The monoisotopic (exact) mass is 358 g/mol. The first kappa shape index (κ1) is 18.0. The summed E-state index contributed by atoms with van der Waals surface area (Å²) < 4.78 is 5.74. The number of piperidine rings is 1. The van der Waals surface area contributed by atoms with Crippen LogP contribution in [0.4, 0.5) is 0 Å². The second-order valence-electron chi connectivity index (χ2n) is 6.47. The van der Waals surface area contributed by atoms with Crippen molar-refractivity contribution in [3.63, 3.8) is 0 Å². The quantitative estimate of drug-likeness (QED) is 0.819. The van der Waals surface area contributed by atoms with E-state index < -0.39 is 0 Å². The summed E-state index contributed by atoms with van der Waals surface area (Å²) >= 11 is 1.49. The lowest BCUT2D eigenvalue weighted by molar-refractivity contribution is 0.0934. The number of hydrogen-bond donors (Lipinski definition) is 1. The molecule has 3 rings (SSSR count). The van der Waals surface area contributed by atoms with E-state index in [1.165, 1.54) is 29.7 Å². The van der Waals surface area contributed by atoms with Crippen LogP contribution in [-0.4, -0.2) is 37.0 Å². The van der Waals surface area contributed by atoms with Gasteiger partial charge in [0.15, 0.2) is 0 Å². The van der Waals surface area contributed by atoms with E-state index in [2.05, 4.69) is 22.3 Å². The number of carbonyl (C=O) groups is 1. The highest BCUT2D eigenvalue weighted by molar-refractivity contribution is 7.12. The first-order valence-corrected chi connectivity index (χ1v) is 9.89. The van der Waals surface area contributed by atoms with Gasteiger partial charge in [-0.15, -0.1) is 11.3 Å². The van der Waals surface area contributed by atoms with Crippen LogP contribution >= 0.6 is 11.3 Å². The van der Waals surface area contributed by atoms with Crippen LogP contribution in [0.15, 0.2) is 41.8 Å². The zero-order valence-corrected chi connectivity index (χ0v) is 15.6. The molecule has 25 heavy (non-hydrogen) atoms. The number of carbonyl (C=O) groups excluding carboxylic acids is 1. The predicted molar refractivity (Wildman–Crippen MR) is 102 cm³/mol. The van der Waals surface area contributed by atoms with Crippen LogP contribution in [0.3, 0.4) is 0 Å². The maximum absolute atomic E-state index is 12.1. The SMILES string of the molecule is CCOc1ccccc1CN1CCC[C@H](CNC(=O)c2cccs2)C1. The van der Waals surface area contributed by atoms with Crippen molar-refractivity contribution in [2.24, 2.45) is 5.92 Å². The van der Waals surface area contributed by atoms with Crippen LogP contribution < -0.4 is 10.1 Å². The average molecular weight is 359 g/mol. The molecule has 0 radical (unpaired) electrons. The average Bonchev–Trinajstić information content (AvgIpc) is 3.17. The number of rotatable bonds is 7. The Morgan fingerprint density at radius 2 is 2.20 bits per heavy atom. The van der Waals surface area contributed by atoms with Crippen molar-refractivity contribution in [2.45, 2.75) is 26.3 Å². The molecule has 5 heteroatoms. The van der Waals surface area contributed by atoms with Crippen LogP contribution in [0.1, 0.15) is 35.0 Å². The Hall–Kier alpha value is -1.85. The van der Waals surface area contributed by atoms with Gasteiger partial charge in [0.05, 0.1) is 11.5 Å². The highest BCUT2D eigenvalue weighted by Gasteiger charge is 2.21. The van der Waals surface area contributed by atoms with E-state index in [1.807, 2.05) is 36.6 Å². The van der Waals surface area contributed by atoms with E-state index in [0.717, 1.165) is 36.8 Å². The number of benzene rings is 1. The van der Waals surface area contributed by atoms with E-state index in [1.54, 1.807) is 0 Å². The fraction of sp³-hybridized carbons (Fsp3) is 0.450. The Morgan fingerprint density at radius 1 is 1.32 bits per heavy atom. The molecule has 1 fully saturated rings. The van der Waals surface area contributed by atoms with E-state index in [4.69, 9.17) is 4.74 Å². The molecule has 4 nitrogen and oxygen atoms in total. The summed E-state index contributed by atoms with van der Waals surface area (Å²) in [6, 6.07) is 12.1.